The highest BCUT2D eigenvalue weighted by atomic mass is 19.4. The monoisotopic (exact) mass is 541 g/mol. The minimum Gasteiger partial charge on any atom is -0.444 e. The molecule has 0 bridgehead atoms. The number of rotatable bonds is 7. The average molecular weight is 542 g/mol. The molecule has 3 rings (SSSR count). The van der Waals surface area contributed by atoms with Crippen LogP contribution in [0.3, 0.4) is 0 Å². The number of piperidine rings is 1. The molecule has 1 fully saturated rings. The van der Waals surface area contributed by atoms with Crippen molar-refractivity contribution < 1.29 is 32.3 Å². The van der Waals surface area contributed by atoms with Crippen LogP contribution in [0.1, 0.15) is 83.1 Å². The van der Waals surface area contributed by atoms with Crippen LogP contribution in [0.15, 0.2) is 0 Å². The Balaban J connectivity index is 1.78. The van der Waals surface area contributed by atoms with Crippen molar-refractivity contribution in [3.05, 3.63) is 22.8 Å². The van der Waals surface area contributed by atoms with E-state index in [0.717, 1.165) is 6.42 Å². The SMILES string of the molecule is CCCc1nc2c(c(C(F)(F)F)n1)CCN(C(=O)C[C@@H](CN1C[C@H](C)CCC1=O)NC(=O)OC(C)(C)C)C2. The minimum absolute atomic E-state index is 0.0192. The number of carbonyl (C=O) groups is 3. The van der Waals surface area contributed by atoms with E-state index in [1.54, 1.807) is 25.7 Å². The number of nitrogens with one attached hydrogen (secondary N) is 1. The first kappa shape index (κ1) is 29.6. The molecule has 38 heavy (non-hydrogen) atoms. The van der Waals surface area contributed by atoms with E-state index < -0.39 is 29.6 Å². The number of amides is 3. The van der Waals surface area contributed by atoms with Gasteiger partial charge in [-0.2, -0.15) is 13.2 Å². The number of alkyl carbamates (subject to hydrolysis) is 1. The maximum absolute atomic E-state index is 13.7. The summed E-state index contributed by atoms with van der Waals surface area (Å²) in [6, 6.07) is -0.722. The molecule has 2 atom stereocenters. The molecule has 1 aromatic rings. The van der Waals surface area contributed by atoms with Crippen LogP contribution in [-0.2, 0) is 39.9 Å². The van der Waals surface area contributed by atoms with Gasteiger partial charge in [0.2, 0.25) is 11.8 Å². The Hall–Kier alpha value is -2.92. The Morgan fingerprint density at radius 3 is 2.53 bits per heavy atom. The molecular formula is C26H38F3N5O4. The molecule has 2 aliphatic rings. The fourth-order valence-electron chi connectivity index (χ4n) is 4.78. The third-order valence-electron chi connectivity index (χ3n) is 6.52. The van der Waals surface area contributed by atoms with E-state index in [-0.39, 0.29) is 61.4 Å². The Morgan fingerprint density at radius 2 is 1.89 bits per heavy atom. The maximum Gasteiger partial charge on any atom is 0.433 e. The van der Waals surface area contributed by atoms with Gasteiger partial charge in [-0.3, -0.25) is 9.59 Å². The third-order valence-corrected chi connectivity index (χ3v) is 6.52. The lowest BCUT2D eigenvalue weighted by atomic mass is 9.98. The number of hydrogen-bond donors (Lipinski definition) is 1. The number of alkyl halides is 3. The number of aromatic nitrogens is 2. The van der Waals surface area contributed by atoms with Gasteiger partial charge < -0.3 is 19.9 Å². The van der Waals surface area contributed by atoms with Gasteiger partial charge in [0.15, 0.2) is 5.69 Å². The number of ether oxygens (including phenoxy) is 1. The standard InChI is InChI=1S/C26H38F3N5O4/c1-6-7-20-31-19-15-33(11-10-18(19)23(32-20)26(27,28)29)22(36)12-17(30-24(37)38-25(3,4)5)14-34-13-16(2)8-9-21(34)35/h16-17H,6-15H2,1-5H3,(H,30,37)/t16-,17+/m1/s1. The molecule has 2 aliphatic heterocycles. The number of likely N-dealkylation sites (tertiary alicyclic amines) is 1. The van der Waals surface area contributed by atoms with Crippen LogP contribution in [0, 0.1) is 5.92 Å². The van der Waals surface area contributed by atoms with Crippen LogP contribution in [0.2, 0.25) is 0 Å². The normalized spacial score (nSPS) is 19.2. The van der Waals surface area contributed by atoms with Gasteiger partial charge in [0.05, 0.1) is 18.3 Å². The zero-order chi connectivity index (χ0) is 28.3. The lowest BCUT2D eigenvalue weighted by Crippen LogP contribution is -2.51. The van der Waals surface area contributed by atoms with E-state index in [2.05, 4.69) is 15.3 Å². The highest BCUT2D eigenvalue weighted by Gasteiger charge is 2.39. The second-order valence-electron chi connectivity index (χ2n) is 11.2. The van der Waals surface area contributed by atoms with Crippen molar-refractivity contribution in [2.24, 2.45) is 5.92 Å². The van der Waals surface area contributed by atoms with Gasteiger partial charge in [-0.05, 0) is 46.0 Å². The molecule has 0 aromatic carbocycles. The van der Waals surface area contributed by atoms with E-state index in [9.17, 15) is 27.6 Å². The highest BCUT2D eigenvalue weighted by Crippen LogP contribution is 2.34. The Labute approximate surface area is 221 Å². The van der Waals surface area contributed by atoms with Crippen LogP contribution in [0.25, 0.3) is 0 Å². The first-order valence-electron chi connectivity index (χ1n) is 13.2. The molecule has 1 N–H and O–H groups in total. The fraction of sp³-hybridized carbons (Fsp3) is 0.731. The lowest BCUT2D eigenvalue weighted by molar-refractivity contribution is -0.142. The molecule has 3 heterocycles. The second kappa shape index (κ2) is 11.9. The van der Waals surface area contributed by atoms with E-state index in [1.807, 2.05) is 13.8 Å². The van der Waals surface area contributed by atoms with Gasteiger partial charge >= 0.3 is 12.3 Å². The van der Waals surface area contributed by atoms with Crippen molar-refractivity contribution in [3.63, 3.8) is 0 Å². The lowest BCUT2D eigenvalue weighted by Gasteiger charge is -2.35. The Bertz CT molecular complexity index is 1040. The Kier molecular flexibility index (Phi) is 9.25. The van der Waals surface area contributed by atoms with Crippen molar-refractivity contribution in [1.82, 2.24) is 25.1 Å². The number of fused-ring (bicyclic) bond motifs is 1. The molecule has 0 saturated carbocycles. The summed E-state index contributed by atoms with van der Waals surface area (Å²) in [5.41, 5.74) is -1.46. The third kappa shape index (κ3) is 8.04. The number of carbonyl (C=O) groups excluding carboxylic acids is 3. The molecular weight excluding hydrogens is 503 g/mol. The van der Waals surface area contributed by atoms with Crippen molar-refractivity contribution in [2.75, 3.05) is 19.6 Å². The molecule has 9 nitrogen and oxygen atoms in total. The second-order valence-corrected chi connectivity index (χ2v) is 11.2. The average Bonchev–Trinajstić information content (AvgIpc) is 2.78. The highest BCUT2D eigenvalue weighted by molar-refractivity contribution is 5.79. The van der Waals surface area contributed by atoms with Gasteiger partial charge in [0.1, 0.15) is 11.4 Å². The van der Waals surface area contributed by atoms with Crippen molar-refractivity contribution in [1.29, 1.82) is 0 Å². The van der Waals surface area contributed by atoms with E-state index in [4.69, 9.17) is 4.74 Å². The van der Waals surface area contributed by atoms with Crippen molar-refractivity contribution in [2.45, 2.75) is 97.5 Å². The zero-order valence-corrected chi connectivity index (χ0v) is 22.8. The predicted molar refractivity (Wildman–Crippen MR) is 133 cm³/mol. The van der Waals surface area contributed by atoms with Crippen LogP contribution in [0.4, 0.5) is 18.0 Å². The zero-order valence-electron chi connectivity index (χ0n) is 22.8. The van der Waals surface area contributed by atoms with E-state index >= 15 is 0 Å². The summed E-state index contributed by atoms with van der Waals surface area (Å²) >= 11 is 0. The molecule has 1 aromatic heterocycles. The quantitative estimate of drug-likeness (QED) is 0.562. The van der Waals surface area contributed by atoms with Crippen LogP contribution >= 0.6 is 0 Å². The predicted octanol–water partition coefficient (Wildman–Crippen LogP) is 3.87. The topological polar surface area (TPSA) is 105 Å². The van der Waals surface area contributed by atoms with Gasteiger partial charge in [-0.15, -0.1) is 0 Å². The molecule has 12 heteroatoms. The molecule has 0 unspecified atom stereocenters. The first-order chi connectivity index (χ1) is 17.7. The molecule has 0 spiro atoms. The summed E-state index contributed by atoms with van der Waals surface area (Å²) in [6.07, 6.45) is -3.39. The summed E-state index contributed by atoms with van der Waals surface area (Å²) in [5.74, 6) is 0.00998. The molecule has 0 radical (unpaired) electrons. The number of nitrogens with zero attached hydrogens (tertiary/aromatic N) is 4. The Morgan fingerprint density at radius 1 is 1.18 bits per heavy atom. The van der Waals surface area contributed by atoms with Gasteiger partial charge in [-0.1, -0.05) is 13.8 Å². The van der Waals surface area contributed by atoms with Gasteiger partial charge in [-0.25, -0.2) is 14.8 Å². The summed E-state index contributed by atoms with van der Waals surface area (Å²) in [6.45, 7) is 9.69. The molecule has 212 valence electrons. The first-order valence-corrected chi connectivity index (χ1v) is 13.2. The van der Waals surface area contributed by atoms with E-state index in [0.29, 0.717) is 31.7 Å². The van der Waals surface area contributed by atoms with Crippen molar-refractivity contribution in [3.8, 4) is 0 Å². The van der Waals surface area contributed by atoms with Gasteiger partial charge in [0.25, 0.3) is 0 Å². The van der Waals surface area contributed by atoms with Crippen molar-refractivity contribution >= 4 is 17.9 Å². The van der Waals surface area contributed by atoms with Crippen LogP contribution in [0.5, 0.6) is 0 Å². The van der Waals surface area contributed by atoms with E-state index in [1.165, 1.54) is 4.90 Å². The van der Waals surface area contributed by atoms with Crippen LogP contribution < -0.4 is 5.32 Å². The maximum atomic E-state index is 13.7. The van der Waals surface area contributed by atoms with Gasteiger partial charge in [0, 0.05) is 44.5 Å². The fourth-order valence-corrected chi connectivity index (χ4v) is 4.78. The number of aryl methyl sites for hydroxylation is 1. The summed E-state index contributed by atoms with van der Waals surface area (Å²) in [4.78, 5) is 49.6. The molecule has 3 amide bonds. The molecule has 1 saturated heterocycles. The number of halogens is 3. The number of hydrogen-bond acceptors (Lipinski definition) is 6. The summed E-state index contributed by atoms with van der Waals surface area (Å²) in [5, 5.41) is 2.72. The van der Waals surface area contributed by atoms with Crippen LogP contribution in [-0.4, -0.2) is 69.0 Å². The summed E-state index contributed by atoms with van der Waals surface area (Å²) in [7, 11) is 0. The largest absolute Gasteiger partial charge is 0.444 e. The minimum atomic E-state index is -4.61. The molecule has 0 aliphatic carbocycles. The summed E-state index contributed by atoms with van der Waals surface area (Å²) < 4.78 is 46.4. The smallest absolute Gasteiger partial charge is 0.433 e.